The quantitative estimate of drug-likeness (QED) is 0.851. The summed E-state index contributed by atoms with van der Waals surface area (Å²) in [5, 5.41) is 3.63. The molecule has 0 heterocycles. The largest absolute Gasteiger partial charge is 0.497 e. The third kappa shape index (κ3) is 3.21. The molecule has 1 saturated carbocycles. The molecule has 1 N–H and O–H groups in total. The zero-order valence-electron chi connectivity index (χ0n) is 12.2. The van der Waals surface area contributed by atoms with Crippen LogP contribution in [0.15, 0.2) is 18.2 Å². The lowest BCUT2D eigenvalue weighted by Crippen LogP contribution is -2.27. The van der Waals surface area contributed by atoms with Crippen LogP contribution in [0.25, 0.3) is 0 Å². The topological polar surface area (TPSA) is 30.5 Å². The monoisotopic (exact) mass is 263 g/mol. The van der Waals surface area contributed by atoms with E-state index in [1.807, 2.05) is 12.1 Å². The first-order chi connectivity index (χ1) is 9.30. The number of nitrogens with one attached hydrogen (secondary N) is 1. The first-order valence-corrected chi connectivity index (χ1v) is 7.25. The molecule has 1 aromatic carbocycles. The summed E-state index contributed by atoms with van der Waals surface area (Å²) in [5.74, 6) is 2.50. The third-order valence-corrected chi connectivity index (χ3v) is 4.07. The smallest absolute Gasteiger partial charge is 0.127 e. The van der Waals surface area contributed by atoms with E-state index < -0.39 is 0 Å². The van der Waals surface area contributed by atoms with Gasteiger partial charge in [-0.2, -0.15) is 0 Å². The predicted octanol–water partition coefficient (Wildman–Crippen LogP) is 3.54. The number of benzene rings is 1. The summed E-state index contributed by atoms with van der Waals surface area (Å²) in [4.78, 5) is 0. The van der Waals surface area contributed by atoms with Crippen LogP contribution in [0.1, 0.15) is 44.2 Å². The molecule has 0 radical (unpaired) electrons. The van der Waals surface area contributed by atoms with Crippen molar-refractivity contribution in [1.82, 2.24) is 5.32 Å². The van der Waals surface area contributed by atoms with E-state index in [1.54, 1.807) is 14.2 Å². The maximum absolute atomic E-state index is 5.55. The van der Waals surface area contributed by atoms with Gasteiger partial charge in [-0.05, 0) is 31.4 Å². The first kappa shape index (κ1) is 14.2. The fraction of sp³-hybridized carbons (Fsp3) is 0.625. The average Bonchev–Trinajstić information content (AvgIpc) is 2.98. The van der Waals surface area contributed by atoms with Gasteiger partial charge in [-0.3, -0.25) is 0 Å². The van der Waals surface area contributed by atoms with Crippen molar-refractivity contribution in [3.05, 3.63) is 23.8 Å². The first-order valence-electron chi connectivity index (χ1n) is 7.25. The number of methoxy groups -OCH3 is 2. The molecule has 0 bridgehead atoms. The zero-order chi connectivity index (χ0) is 13.7. The molecule has 1 fully saturated rings. The Morgan fingerprint density at radius 1 is 1.21 bits per heavy atom. The number of hydrogen-bond acceptors (Lipinski definition) is 3. The zero-order valence-corrected chi connectivity index (χ0v) is 12.2. The summed E-state index contributed by atoms with van der Waals surface area (Å²) in [7, 11) is 3.42. The summed E-state index contributed by atoms with van der Waals surface area (Å²) in [6.45, 7) is 3.15. The van der Waals surface area contributed by atoms with Gasteiger partial charge in [0.25, 0.3) is 0 Å². The number of ether oxygens (including phenoxy) is 2. The molecule has 0 saturated heterocycles. The van der Waals surface area contributed by atoms with Crippen molar-refractivity contribution in [2.45, 2.75) is 38.6 Å². The second kappa shape index (κ2) is 6.80. The van der Waals surface area contributed by atoms with Crippen molar-refractivity contribution in [1.29, 1.82) is 0 Å². The summed E-state index contributed by atoms with van der Waals surface area (Å²) < 4.78 is 10.8. The molecule has 3 heteroatoms. The molecule has 1 atom stereocenters. The molecule has 0 spiro atoms. The number of hydrogen-bond donors (Lipinski definition) is 1. The van der Waals surface area contributed by atoms with Gasteiger partial charge in [-0.1, -0.05) is 25.8 Å². The molecule has 1 aromatic rings. The van der Waals surface area contributed by atoms with Crippen LogP contribution in [0.4, 0.5) is 0 Å². The minimum atomic E-state index is 0.397. The predicted molar refractivity (Wildman–Crippen MR) is 77.9 cm³/mol. The van der Waals surface area contributed by atoms with Gasteiger partial charge < -0.3 is 14.8 Å². The van der Waals surface area contributed by atoms with Crippen molar-refractivity contribution in [2.75, 3.05) is 20.8 Å². The van der Waals surface area contributed by atoms with Gasteiger partial charge in [0.2, 0.25) is 0 Å². The standard InChI is InChI=1S/C16H25NO2/c1-4-17-16(12-7-5-6-8-12)14-10-9-13(18-2)11-15(14)19-3/h9-12,16-17H,4-8H2,1-3H3. The summed E-state index contributed by atoms with van der Waals surface area (Å²) in [6, 6.07) is 6.54. The fourth-order valence-electron chi connectivity index (χ4n) is 3.12. The van der Waals surface area contributed by atoms with E-state index in [-0.39, 0.29) is 0 Å². The van der Waals surface area contributed by atoms with E-state index in [0.29, 0.717) is 6.04 Å². The molecule has 1 aliphatic carbocycles. The minimum Gasteiger partial charge on any atom is -0.497 e. The average molecular weight is 263 g/mol. The Kier molecular flexibility index (Phi) is 5.08. The van der Waals surface area contributed by atoms with E-state index in [4.69, 9.17) is 9.47 Å². The molecule has 19 heavy (non-hydrogen) atoms. The van der Waals surface area contributed by atoms with E-state index in [2.05, 4.69) is 18.3 Å². The molecule has 106 valence electrons. The van der Waals surface area contributed by atoms with Crippen LogP contribution in [0.5, 0.6) is 11.5 Å². The molecule has 0 aliphatic heterocycles. The van der Waals surface area contributed by atoms with Crippen LogP contribution in [0, 0.1) is 5.92 Å². The lowest BCUT2D eigenvalue weighted by Gasteiger charge is -2.26. The molecule has 1 aliphatic rings. The van der Waals surface area contributed by atoms with Crippen molar-refractivity contribution in [2.24, 2.45) is 5.92 Å². The van der Waals surface area contributed by atoms with Crippen LogP contribution in [0.2, 0.25) is 0 Å². The van der Waals surface area contributed by atoms with Gasteiger partial charge in [-0.25, -0.2) is 0 Å². The Balaban J connectivity index is 2.29. The van der Waals surface area contributed by atoms with Crippen molar-refractivity contribution in [3.8, 4) is 11.5 Å². The van der Waals surface area contributed by atoms with E-state index >= 15 is 0 Å². The molecule has 2 rings (SSSR count). The molecular formula is C16H25NO2. The van der Waals surface area contributed by atoms with Crippen LogP contribution in [-0.2, 0) is 0 Å². The van der Waals surface area contributed by atoms with Gasteiger partial charge in [-0.15, -0.1) is 0 Å². The highest BCUT2D eigenvalue weighted by atomic mass is 16.5. The highest BCUT2D eigenvalue weighted by molar-refractivity contribution is 5.42. The maximum atomic E-state index is 5.55. The molecule has 1 unspecified atom stereocenters. The van der Waals surface area contributed by atoms with Crippen molar-refractivity contribution in [3.63, 3.8) is 0 Å². The van der Waals surface area contributed by atoms with Crippen LogP contribution >= 0.6 is 0 Å². The highest BCUT2D eigenvalue weighted by Crippen LogP contribution is 2.40. The third-order valence-electron chi connectivity index (χ3n) is 4.07. The Morgan fingerprint density at radius 3 is 2.53 bits per heavy atom. The molecule has 0 amide bonds. The Bertz CT molecular complexity index is 400. The Morgan fingerprint density at radius 2 is 1.95 bits per heavy atom. The lowest BCUT2D eigenvalue weighted by molar-refractivity contribution is 0.346. The van der Waals surface area contributed by atoms with Gasteiger partial charge >= 0.3 is 0 Å². The molecule has 0 aromatic heterocycles. The Labute approximate surface area is 116 Å². The second-order valence-electron chi connectivity index (χ2n) is 5.19. The van der Waals surface area contributed by atoms with E-state index in [9.17, 15) is 0 Å². The normalized spacial score (nSPS) is 17.4. The van der Waals surface area contributed by atoms with Gasteiger partial charge in [0, 0.05) is 17.7 Å². The molecule has 3 nitrogen and oxygen atoms in total. The SMILES string of the molecule is CCNC(c1ccc(OC)cc1OC)C1CCCC1. The van der Waals surface area contributed by atoms with Crippen molar-refractivity contribution >= 4 is 0 Å². The molecular weight excluding hydrogens is 238 g/mol. The summed E-state index contributed by atoms with van der Waals surface area (Å²) >= 11 is 0. The minimum absolute atomic E-state index is 0.397. The van der Waals surface area contributed by atoms with Gasteiger partial charge in [0.1, 0.15) is 11.5 Å². The van der Waals surface area contributed by atoms with Crippen LogP contribution in [-0.4, -0.2) is 20.8 Å². The van der Waals surface area contributed by atoms with Gasteiger partial charge in [0.05, 0.1) is 14.2 Å². The van der Waals surface area contributed by atoms with Crippen LogP contribution in [0.3, 0.4) is 0 Å². The van der Waals surface area contributed by atoms with Crippen molar-refractivity contribution < 1.29 is 9.47 Å². The maximum Gasteiger partial charge on any atom is 0.127 e. The second-order valence-corrected chi connectivity index (χ2v) is 5.19. The Hall–Kier alpha value is -1.22. The van der Waals surface area contributed by atoms with Crippen LogP contribution < -0.4 is 14.8 Å². The lowest BCUT2D eigenvalue weighted by atomic mass is 9.91. The highest BCUT2D eigenvalue weighted by Gasteiger charge is 2.27. The number of rotatable bonds is 6. The summed E-state index contributed by atoms with van der Waals surface area (Å²) in [6.07, 6.45) is 5.33. The van der Waals surface area contributed by atoms with E-state index in [0.717, 1.165) is 24.0 Å². The summed E-state index contributed by atoms with van der Waals surface area (Å²) in [5.41, 5.74) is 1.26. The van der Waals surface area contributed by atoms with E-state index in [1.165, 1.54) is 31.2 Å². The van der Waals surface area contributed by atoms with Gasteiger partial charge in [0.15, 0.2) is 0 Å². The fourth-order valence-corrected chi connectivity index (χ4v) is 3.12.